The summed E-state index contributed by atoms with van der Waals surface area (Å²) in [5, 5.41) is 3.98. The van der Waals surface area contributed by atoms with Gasteiger partial charge in [0.1, 0.15) is 30.5 Å². The number of ether oxygens (including phenoxy) is 3. The molecule has 0 saturated carbocycles. The molecular weight excluding hydrogens is 620 g/mol. The van der Waals surface area contributed by atoms with Gasteiger partial charge in [0.25, 0.3) is 0 Å². The molecule has 0 radical (unpaired) electrons. The monoisotopic (exact) mass is 672 g/mol. The minimum absolute atomic E-state index is 0.0793. The molecule has 11 nitrogen and oxygen atoms in total. The zero-order chi connectivity index (χ0) is 34.8. The number of carbonyl (C=O) groups excluding carboxylic acids is 1. The number of oxime groups is 1. The van der Waals surface area contributed by atoms with Crippen LogP contribution in [0.2, 0.25) is 0 Å². The maximum absolute atomic E-state index is 12.0. The minimum atomic E-state index is -0.721. The third-order valence-electron chi connectivity index (χ3n) is 8.62. The van der Waals surface area contributed by atoms with Gasteiger partial charge in [-0.1, -0.05) is 49.3 Å². The Balaban J connectivity index is 1.04. The second-order valence-electron chi connectivity index (χ2n) is 12.7. The van der Waals surface area contributed by atoms with Gasteiger partial charge in [-0.15, -0.1) is 0 Å². The molecular formula is C38H52N6O5. The number of nitrogens with zero attached hydrogens (tertiary/aromatic N) is 3. The fourth-order valence-electron chi connectivity index (χ4n) is 5.34. The van der Waals surface area contributed by atoms with Gasteiger partial charge in [0.05, 0.1) is 13.2 Å². The fourth-order valence-corrected chi connectivity index (χ4v) is 5.34. The topological polar surface area (TPSA) is 160 Å². The number of rotatable bonds is 18. The Hall–Kier alpha value is -4.61. The van der Waals surface area contributed by atoms with Gasteiger partial charge in [-0.05, 0) is 111 Å². The number of amides is 1. The van der Waals surface area contributed by atoms with Crippen molar-refractivity contribution >= 4 is 17.8 Å². The molecule has 1 aliphatic rings. The van der Waals surface area contributed by atoms with Crippen molar-refractivity contribution in [1.82, 2.24) is 4.90 Å². The lowest BCUT2D eigenvalue weighted by molar-refractivity contribution is 0.118. The van der Waals surface area contributed by atoms with E-state index in [4.69, 9.17) is 36.2 Å². The molecule has 49 heavy (non-hydrogen) atoms. The van der Waals surface area contributed by atoms with Gasteiger partial charge < -0.3 is 41.1 Å². The zero-order valence-corrected chi connectivity index (χ0v) is 28.8. The third kappa shape index (κ3) is 13.4. The maximum Gasteiger partial charge on any atom is 0.435 e. The summed E-state index contributed by atoms with van der Waals surface area (Å²) >= 11 is 0. The van der Waals surface area contributed by atoms with Crippen LogP contribution in [0.5, 0.6) is 11.5 Å². The standard InChI is InChI=1S/C38H52N6O5/c1-28(2)35(39)27-49-43-37(41)32-13-17-33(18-14-32)46-24-6-10-29-19-22-44(23-20-29)21-7-25-47-34-15-11-31(12-16-34)36(40)42-38(45)48-26-30-8-4-3-5-9-30/h3-5,8-9,11-18,28-29,35H,6-7,10,19-27,39H2,1-2H3,(H2,41,43)(H2,40,42,45)/t35-/m0/s1. The number of nitrogens with two attached hydrogens (primary N) is 3. The van der Waals surface area contributed by atoms with E-state index < -0.39 is 6.09 Å². The van der Waals surface area contributed by atoms with Crippen molar-refractivity contribution in [3.05, 3.63) is 95.6 Å². The first kappa shape index (κ1) is 37.2. The van der Waals surface area contributed by atoms with Crippen molar-refractivity contribution in [2.45, 2.75) is 58.6 Å². The number of hydrogen-bond donors (Lipinski definition) is 3. The van der Waals surface area contributed by atoms with Gasteiger partial charge in [-0.25, -0.2) is 4.79 Å². The third-order valence-corrected chi connectivity index (χ3v) is 8.62. The number of aliphatic imine (C=N–C) groups is 1. The maximum atomic E-state index is 12.0. The Labute approximate surface area is 290 Å². The van der Waals surface area contributed by atoms with E-state index in [1.807, 2.05) is 80.6 Å². The van der Waals surface area contributed by atoms with Crippen LogP contribution >= 0.6 is 0 Å². The highest BCUT2D eigenvalue weighted by Gasteiger charge is 2.18. The number of carbonyl (C=O) groups is 1. The molecule has 264 valence electrons. The molecule has 1 amide bonds. The van der Waals surface area contributed by atoms with E-state index in [0.717, 1.165) is 61.0 Å². The summed E-state index contributed by atoms with van der Waals surface area (Å²) in [7, 11) is 0. The van der Waals surface area contributed by atoms with Crippen LogP contribution in [0.4, 0.5) is 4.79 Å². The number of piperidine rings is 1. The molecule has 4 rings (SSSR count). The summed E-state index contributed by atoms with van der Waals surface area (Å²) in [6.07, 6.45) is 4.85. The minimum Gasteiger partial charge on any atom is -0.494 e. The van der Waals surface area contributed by atoms with Crippen molar-refractivity contribution in [1.29, 1.82) is 0 Å². The molecule has 0 spiro atoms. The molecule has 1 saturated heterocycles. The van der Waals surface area contributed by atoms with E-state index >= 15 is 0 Å². The molecule has 0 unspecified atom stereocenters. The van der Waals surface area contributed by atoms with Crippen molar-refractivity contribution in [3.8, 4) is 11.5 Å². The lowest BCUT2D eigenvalue weighted by atomic mass is 9.92. The van der Waals surface area contributed by atoms with E-state index in [1.165, 1.54) is 19.3 Å². The molecule has 0 bridgehead atoms. The number of likely N-dealkylation sites (tertiary alicyclic amines) is 1. The second-order valence-corrected chi connectivity index (χ2v) is 12.7. The van der Waals surface area contributed by atoms with E-state index in [9.17, 15) is 4.79 Å². The highest BCUT2D eigenvalue weighted by Crippen LogP contribution is 2.23. The predicted octanol–water partition coefficient (Wildman–Crippen LogP) is 5.69. The molecule has 1 aliphatic heterocycles. The van der Waals surface area contributed by atoms with Crippen LogP contribution in [-0.2, 0) is 16.2 Å². The summed E-state index contributed by atoms with van der Waals surface area (Å²) in [4.78, 5) is 23.7. The van der Waals surface area contributed by atoms with Gasteiger partial charge in [-0.2, -0.15) is 4.99 Å². The van der Waals surface area contributed by atoms with Gasteiger partial charge >= 0.3 is 6.09 Å². The molecule has 11 heteroatoms. The summed E-state index contributed by atoms with van der Waals surface area (Å²) in [6, 6.07) is 24.2. The Bertz CT molecular complexity index is 1460. The van der Waals surface area contributed by atoms with Crippen LogP contribution in [0, 0.1) is 11.8 Å². The Morgan fingerprint density at radius 2 is 1.43 bits per heavy atom. The van der Waals surface area contributed by atoms with E-state index in [-0.39, 0.29) is 18.5 Å². The second kappa shape index (κ2) is 20.0. The molecule has 1 heterocycles. The number of amidine groups is 2. The first-order valence-corrected chi connectivity index (χ1v) is 17.2. The summed E-state index contributed by atoms with van der Waals surface area (Å²) in [6.45, 7) is 9.13. The quantitative estimate of drug-likeness (QED) is 0.0668. The number of hydrogen-bond acceptors (Lipinski definition) is 8. The van der Waals surface area contributed by atoms with Crippen LogP contribution < -0.4 is 26.7 Å². The smallest absolute Gasteiger partial charge is 0.435 e. The molecule has 0 aromatic heterocycles. The molecule has 3 aromatic rings. The average Bonchev–Trinajstić information content (AvgIpc) is 3.12. The molecule has 1 fully saturated rings. The SMILES string of the molecule is CC(C)[C@@H](N)CON=C(N)c1ccc(OCCCC2CCN(CCCOc3ccc(C(N)=NC(=O)OCc4ccccc4)cc3)CC2)cc1. The molecule has 3 aromatic carbocycles. The largest absolute Gasteiger partial charge is 0.494 e. The van der Waals surface area contributed by atoms with Gasteiger partial charge in [0, 0.05) is 23.7 Å². The molecule has 6 N–H and O–H groups in total. The lowest BCUT2D eigenvalue weighted by Crippen LogP contribution is -2.35. The Kier molecular flexibility index (Phi) is 15.2. The van der Waals surface area contributed by atoms with Crippen molar-refractivity contribution in [2.75, 3.05) is 39.5 Å². The predicted molar refractivity (Wildman–Crippen MR) is 194 cm³/mol. The zero-order valence-electron chi connectivity index (χ0n) is 28.8. The van der Waals surface area contributed by atoms with Crippen LogP contribution in [0.15, 0.2) is 89.0 Å². The summed E-state index contributed by atoms with van der Waals surface area (Å²) in [5.41, 5.74) is 20.3. The van der Waals surface area contributed by atoms with E-state index in [2.05, 4.69) is 15.0 Å². The Morgan fingerprint density at radius 3 is 2.04 bits per heavy atom. The van der Waals surface area contributed by atoms with Gasteiger partial charge in [0.15, 0.2) is 5.84 Å². The highest BCUT2D eigenvalue weighted by molar-refractivity contribution is 6.02. The van der Waals surface area contributed by atoms with E-state index in [0.29, 0.717) is 37.1 Å². The highest BCUT2D eigenvalue weighted by atomic mass is 16.6. The molecule has 0 aliphatic carbocycles. The fraction of sp³-hybridized carbons (Fsp3) is 0.447. The molecule has 1 atom stereocenters. The van der Waals surface area contributed by atoms with Gasteiger partial charge in [0.2, 0.25) is 0 Å². The van der Waals surface area contributed by atoms with E-state index in [1.54, 1.807) is 12.1 Å². The summed E-state index contributed by atoms with van der Waals surface area (Å²) < 4.78 is 17.1. The first-order chi connectivity index (χ1) is 23.8. The lowest BCUT2D eigenvalue weighted by Gasteiger charge is -2.32. The van der Waals surface area contributed by atoms with Gasteiger partial charge in [-0.3, -0.25) is 0 Å². The normalized spacial score (nSPS) is 15.2. The van der Waals surface area contributed by atoms with Crippen molar-refractivity contribution in [2.24, 2.45) is 39.2 Å². The van der Waals surface area contributed by atoms with Crippen molar-refractivity contribution < 1.29 is 23.8 Å². The first-order valence-electron chi connectivity index (χ1n) is 17.2. The van der Waals surface area contributed by atoms with Crippen LogP contribution in [0.25, 0.3) is 0 Å². The Morgan fingerprint density at radius 1 is 0.837 bits per heavy atom. The number of benzene rings is 3. The van der Waals surface area contributed by atoms with Crippen LogP contribution in [0.1, 0.15) is 62.6 Å². The summed E-state index contributed by atoms with van der Waals surface area (Å²) in [5.74, 6) is 3.05. The average molecular weight is 673 g/mol. The van der Waals surface area contributed by atoms with Crippen molar-refractivity contribution in [3.63, 3.8) is 0 Å². The van der Waals surface area contributed by atoms with Crippen LogP contribution in [-0.4, -0.2) is 68.2 Å². The van der Waals surface area contributed by atoms with Crippen LogP contribution in [0.3, 0.4) is 0 Å².